The molecular formula is C23H22F3N5O2. The number of aromatic nitrogens is 2. The number of halogens is 3. The quantitative estimate of drug-likeness (QED) is 0.578. The second-order valence-corrected chi connectivity index (χ2v) is 7.73. The van der Waals surface area contributed by atoms with Crippen molar-refractivity contribution in [1.29, 1.82) is 0 Å². The lowest BCUT2D eigenvalue weighted by Gasteiger charge is -2.17. The lowest BCUT2D eigenvalue weighted by molar-refractivity contribution is -0.137. The number of carbonyl (C=O) groups excluding carboxylic acids is 2. The van der Waals surface area contributed by atoms with Gasteiger partial charge >= 0.3 is 12.2 Å². The zero-order valence-corrected chi connectivity index (χ0v) is 17.6. The van der Waals surface area contributed by atoms with Gasteiger partial charge < -0.3 is 15.5 Å². The zero-order chi connectivity index (χ0) is 23.4. The van der Waals surface area contributed by atoms with Crippen LogP contribution in [0.3, 0.4) is 0 Å². The van der Waals surface area contributed by atoms with Crippen LogP contribution in [-0.2, 0) is 24.1 Å². The molecule has 0 unspecified atom stereocenters. The Kier molecular flexibility index (Phi) is 6.34. The van der Waals surface area contributed by atoms with Gasteiger partial charge in [0.05, 0.1) is 16.9 Å². The summed E-state index contributed by atoms with van der Waals surface area (Å²) in [4.78, 5) is 26.1. The van der Waals surface area contributed by atoms with E-state index in [0.29, 0.717) is 18.7 Å². The van der Waals surface area contributed by atoms with Crippen molar-refractivity contribution in [3.05, 3.63) is 77.6 Å². The number of hydrogen-bond donors (Lipinski definition) is 2. The lowest BCUT2D eigenvalue weighted by Crippen LogP contribution is -2.29. The van der Waals surface area contributed by atoms with E-state index in [0.717, 1.165) is 36.2 Å². The molecule has 2 N–H and O–H groups in total. The largest absolute Gasteiger partial charge is 0.416 e. The molecule has 1 aromatic heterocycles. The Morgan fingerprint density at radius 1 is 1.09 bits per heavy atom. The number of urea groups is 1. The number of benzene rings is 2. The van der Waals surface area contributed by atoms with E-state index >= 15 is 0 Å². The average Bonchev–Trinajstić information content (AvgIpc) is 3.44. The van der Waals surface area contributed by atoms with Crippen molar-refractivity contribution in [2.75, 3.05) is 11.9 Å². The van der Waals surface area contributed by atoms with Crippen LogP contribution in [0.2, 0.25) is 0 Å². The number of hydrogen-bond acceptors (Lipinski definition) is 3. The Hall–Kier alpha value is -3.82. The Morgan fingerprint density at radius 3 is 2.61 bits per heavy atom. The molecule has 1 fully saturated rings. The van der Waals surface area contributed by atoms with E-state index in [1.165, 1.54) is 16.9 Å². The molecule has 33 heavy (non-hydrogen) atoms. The first-order chi connectivity index (χ1) is 15.8. The molecule has 3 aromatic rings. The first-order valence-corrected chi connectivity index (χ1v) is 10.4. The molecule has 1 saturated heterocycles. The van der Waals surface area contributed by atoms with Gasteiger partial charge in [-0.2, -0.15) is 18.3 Å². The van der Waals surface area contributed by atoms with E-state index in [1.807, 2.05) is 24.3 Å². The third kappa shape index (κ3) is 5.51. The summed E-state index contributed by atoms with van der Waals surface area (Å²) in [6.45, 7) is 1.42. The second kappa shape index (κ2) is 9.35. The lowest BCUT2D eigenvalue weighted by atomic mass is 10.1. The number of amides is 3. The first kappa shape index (κ1) is 22.4. The summed E-state index contributed by atoms with van der Waals surface area (Å²) in [6.07, 6.45) is -0.0625. The van der Waals surface area contributed by atoms with Gasteiger partial charge in [0.15, 0.2) is 0 Å². The molecule has 172 valence electrons. The minimum atomic E-state index is -4.55. The number of carbonyl (C=O) groups is 2. The van der Waals surface area contributed by atoms with Crippen molar-refractivity contribution >= 4 is 17.6 Å². The minimum absolute atomic E-state index is 0.0210. The normalized spacial score (nSPS) is 13.9. The molecule has 0 bridgehead atoms. The molecule has 7 nitrogen and oxygen atoms in total. The third-order valence-electron chi connectivity index (χ3n) is 5.31. The van der Waals surface area contributed by atoms with Crippen LogP contribution in [0.15, 0.2) is 60.9 Å². The molecule has 3 amide bonds. The van der Waals surface area contributed by atoms with Crippen molar-refractivity contribution in [3.63, 3.8) is 0 Å². The fourth-order valence-corrected chi connectivity index (χ4v) is 3.70. The van der Waals surface area contributed by atoms with Crippen molar-refractivity contribution in [3.8, 4) is 5.69 Å². The summed E-state index contributed by atoms with van der Waals surface area (Å²) >= 11 is 0. The van der Waals surface area contributed by atoms with Crippen molar-refractivity contribution < 1.29 is 22.8 Å². The highest BCUT2D eigenvalue weighted by molar-refractivity contribution is 5.91. The van der Waals surface area contributed by atoms with Gasteiger partial charge in [0, 0.05) is 38.4 Å². The summed E-state index contributed by atoms with van der Waals surface area (Å²) in [5.41, 5.74) is 1.17. The number of nitrogens with zero attached hydrogens (tertiary/aromatic N) is 3. The number of nitrogens with one attached hydrogen (secondary N) is 2. The highest BCUT2D eigenvalue weighted by Crippen LogP contribution is 2.33. The van der Waals surface area contributed by atoms with E-state index in [9.17, 15) is 22.8 Å². The molecule has 4 rings (SSSR count). The summed E-state index contributed by atoms with van der Waals surface area (Å²) in [5.74, 6) is 0.131. The van der Waals surface area contributed by atoms with Gasteiger partial charge in [0.1, 0.15) is 0 Å². The van der Waals surface area contributed by atoms with Gasteiger partial charge in [-0.25, -0.2) is 9.48 Å². The van der Waals surface area contributed by atoms with Crippen LogP contribution in [-0.4, -0.2) is 33.2 Å². The van der Waals surface area contributed by atoms with Gasteiger partial charge in [-0.15, -0.1) is 0 Å². The van der Waals surface area contributed by atoms with E-state index in [4.69, 9.17) is 0 Å². The maximum atomic E-state index is 13.2. The van der Waals surface area contributed by atoms with Crippen LogP contribution in [0.4, 0.5) is 23.7 Å². The van der Waals surface area contributed by atoms with E-state index in [-0.39, 0.29) is 18.1 Å². The molecule has 0 aliphatic carbocycles. The van der Waals surface area contributed by atoms with Crippen molar-refractivity contribution in [1.82, 2.24) is 20.0 Å². The maximum absolute atomic E-state index is 13.2. The topological polar surface area (TPSA) is 79.3 Å². The molecule has 10 heteroatoms. The molecule has 0 saturated carbocycles. The van der Waals surface area contributed by atoms with Gasteiger partial charge in [0.2, 0.25) is 5.91 Å². The monoisotopic (exact) mass is 457 g/mol. The smallest absolute Gasteiger partial charge is 0.338 e. The Labute approximate surface area is 188 Å². The Balaban J connectivity index is 1.44. The fourth-order valence-electron chi connectivity index (χ4n) is 3.70. The molecule has 2 heterocycles. The third-order valence-corrected chi connectivity index (χ3v) is 5.31. The van der Waals surface area contributed by atoms with E-state index in [1.54, 1.807) is 17.2 Å². The maximum Gasteiger partial charge on any atom is 0.416 e. The first-order valence-electron chi connectivity index (χ1n) is 10.4. The van der Waals surface area contributed by atoms with Crippen LogP contribution in [0, 0.1) is 0 Å². The number of anilines is 1. The predicted octanol–water partition coefficient (Wildman–Crippen LogP) is 4.34. The van der Waals surface area contributed by atoms with E-state index < -0.39 is 17.8 Å². The van der Waals surface area contributed by atoms with Crippen LogP contribution in [0.5, 0.6) is 0 Å². The summed E-state index contributed by atoms with van der Waals surface area (Å²) < 4.78 is 40.9. The van der Waals surface area contributed by atoms with Crippen molar-refractivity contribution in [2.45, 2.75) is 32.1 Å². The van der Waals surface area contributed by atoms with Gasteiger partial charge in [-0.1, -0.05) is 24.3 Å². The molecule has 0 spiro atoms. The zero-order valence-electron chi connectivity index (χ0n) is 17.6. The molecule has 1 aliphatic heterocycles. The van der Waals surface area contributed by atoms with E-state index in [2.05, 4.69) is 15.7 Å². The summed E-state index contributed by atoms with van der Waals surface area (Å²) in [7, 11) is 0. The SMILES string of the molecule is O=C(NCc1cccc(CN2CCCC2=O)c1)Nc1cc(C(F)(F)F)ccc1-n1cccn1. The highest BCUT2D eigenvalue weighted by Gasteiger charge is 2.31. The van der Waals surface area contributed by atoms with Crippen LogP contribution in [0.25, 0.3) is 5.69 Å². The van der Waals surface area contributed by atoms with Gasteiger partial charge in [0.25, 0.3) is 0 Å². The Bertz CT molecular complexity index is 1150. The molecule has 2 aromatic carbocycles. The van der Waals surface area contributed by atoms with Crippen molar-refractivity contribution in [2.24, 2.45) is 0 Å². The molecular weight excluding hydrogens is 435 g/mol. The summed E-state index contributed by atoms with van der Waals surface area (Å²) in [5, 5.41) is 9.20. The molecule has 0 radical (unpaired) electrons. The van der Waals surface area contributed by atoms with Crippen LogP contribution < -0.4 is 10.6 Å². The Morgan fingerprint density at radius 2 is 1.91 bits per heavy atom. The van der Waals surface area contributed by atoms with Gasteiger partial charge in [-0.05, 0) is 41.8 Å². The number of alkyl halides is 3. The fraction of sp³-hybridized carbons (Fsp3) is 0.261. The highest BCUT2D eigenvalue weighted by atomic mass is 19.4. The average molecular weight is 457 g/mol. The number of likely N-dealkylation sites (tertiary alicyclic amines) is 1. The molecule has 0 atom stereocenters. The molecule has 1 aliphatic rings. The minimum Gasteiger partial charge on any atom is -0.338 e. The van der Waals surface area contributed by atoms with Crippen LogP contribution in [0.1, 0.15) is 29.5 Å². The van der Waals surface area contributed by atoms with Crippen LogP contribution >= 0.6 is 0 Å². The van der Waals surface area contributed by atoms with Gasteiger partial charge in [-0.3, -0.25) is 4.79 Å². The predicted molar refractivity (Wildman–Crippen MR) is 116 cm³/mol. The summed E-state index contributed by atoms with van der Waals surface area (Å²) in [6, 6.07) is 11.5. The number of rotatable bonds is 6. The standard InChI is InChI=1S/C23H22F3N5O2/c24-23(25,26)18-7-8-20(31-11-3-9-28-31)19(13-18)29-22(33)27-14-16-4-1-5-17(12-16)15-30-10-2-6-21(30)32/h1,3-5,7-9,11-13H,2,6,10,14-15H2,(H2,27,29,33). The second-order valence-electron chi connectivity index (χ2n) is 7.73.